The van der Waals surface area contributed by atoms with Gasteiger partial charge in [0.1, 0.15) is 0 Å². The Kier molecular flexibility index (Phi) is 4.53. The van der Waals surface area contributed by atoms with Gasteiger partial charge in [-0.05, 0) is 19.1 Å². The van der Waals surface area contributed by atoms with Crippen molar-refractivity contribution < 1.29 is 9.69 Å². The van der Waals surface area contributed by atoms with E-state index in [9.17, 15) is 4.79 Å². The van der Waals surface area contributed by atoms with Crippen molar-refractivity contribution in [2.45, 2.75) is 6.92 Å². The Balaban J connectivity index is 1.87. The maximum Gasteiger partial charge on any atom is 0.254 e. The van der Waals surface area contributed by atoms with Crippen molar-refractivity contribution in [3.8, 4) is 6.07 Å². The third kappa shape index (κ3) is 3.55. The van der Waals surface area contributed by atoms with E-state index in [4.69, 9.17) is 5.26 Å². The fourth-order valence-corrected chi connectivity index (χ4v) is 2.47. The van der Waals surface area contributed by atoms with E-state index in [0.29, 0.717) is 0 Å². The van der Waals surface area contributed by atoms with Crippen molar-refractivity contribution in [3.05, 3.63) is 35.9 Å². The number of nitrogens with zero attached hydrogens (tertiary/aromatic N) is 2. The fraction of sp³-hybridized carbons (Fsp3) is 0.467. The van der Waals surface area contributed by atoms with Gasteiger partial charge in [-0.15, -0.1) is 0 Å². The largest absolute Gasteiger partial charge is 0.331 e. The summed E-state index contributed by atoms with van der Waals surface area (Å²) < 4.78 is 0. The highest BCUT2D eigenvalue weighted by Crippen LogP contribution is 2.04. The molecular weight excluding hydrogens is 238 g/mol. The molecule has 0 aliphatic carbocycles. The van der Waals surface area contributed by atoms with Crippen LogP contribution in [0, 0.1) is 17.2 Å². The number of benzene rings is 1. The molecule has 0 unspecified atom stereocenters. The molecule has 1 aliphatic rings. The van der Waals surface area contributed by atoms with E-state index in [1.165, 1.54) is 4.90 Å². The van der Waals surface area contributed by atoms with Crippen molar-refractivity contribution >= 4 is 5.91 Å². The number of nitrogens with one attached hydrogen (secondary N) is 1. The van der Waals surface area contributed by atoms with Gasteiger partial charge in [-0.2, -0.15) is 5.26 Å². The zero-order chi connectivity index (χ0) is 13.7. The lowest BCUT2D eigenvalue weighted by Gasteiger charge is -2.32. The summed E-state index contributed by atoms with van der Waals surface area (Å²) in [4.78, 5) is 15.6. The normalized spacial score (nSPS) is 17.8. The minimum atomic E-state index is 0.0892. The Hall–Kier alpha value is -1.86. The second-order valence-electron chi connectivity index (χ2n) is 5.14. The zero-order valence-corrected chi connectivity index (χ0v) is 11.3. The maximum absolute atomic E-state index is 12.2. The second kappa shape index (κ2) is 6.35. The third-order valence-corrected chi connectivity index (χ3v) is 3.59. The summed E-state index contributed by atoms with van der Waals surface area (Å²) in [6.45, 7) is 6.26. The lowest BCUT2D eigenvalue weighted by atomic mass is 10.1. The number of carbonyl (C=O) groups excluding carboxylic acids is 1. The van der Waals surface area contributed by atoms with Crippen molar-refractivity contribution in [2.75, 3.05) is 32.7 Å². The highest BCUT2D eigenvalue weighted by Gasteiger charge is 2.25. The van der Waals surface area contributed by atoms with Crippen LogP contribution in [0.15, 0.2) is 30.3 Å². The molecule has 1 heterocycles. The predicted octanol–water partition coefficient (Wildman–Crippen LogP) is 0.187. The van der Waals surface area contributed by atoms with Gasteiger partial charge in [0, 0.05) is 5.56 Å². The Morgan fingerprint density at radius 2 is 2.00 bits per heavy atom. The predicted molar refractivity (Wildman–Crippen MR) is 72.7 cm³/mol. The summed E-state index contributed by atoms with van der Waals surface area (Å²) >= 11 is 0. The molecule has 0 saturated carbocycles. The molecule has 4 heteroatoms. The molecule has 0 bridgehead atoms. The monoisotopic (exact) mass is 258 g/mol. The minimum Gasteiger partial charge on any atom is -0.331 e. The smallest absolute Gasteiger partial charge is 0.254 e. The zero-order valence-electron chi connectivity index (χ0n) is 11.3. The van der Waals surface area contributed by atoms with Crippen LogP contribution in [-0.4, -0.2) is 43.5 Å². The lowest BCUT2D eigenvalue weighted by Crippen LogP contribution is -3.15. The summed E-state index contributed by atoms with van der Waals surface area (Å²) in [5.74, 6) is 0.208. The number of carbonyl (C=O) groups is 1. The third-order valence-electron chi connectivity index (χ3n) is 3.59. The van der Waals surface area contributed by atoms with Crippen LogP contribution < -0.4 is 4.90 Å². The van der Waals surface area contributed by atoms with Crippen molar-refractivity contribution in [2.24, 2.45) is 5.92 Å². The van der Waals surface area contributed by atoms with Crippen LogP contribution in [0.5, 0.6) is 0 Å². The van der Waals surface area contributed by atoms with Gasteiger partial charge in [0.2, 0.25) is 0 Å². The van der Waals surface area contributed by atoms with Crippen LogP contribution in [0.3, 0.4) is 0 Å². The molecule has 1 N–H and O–H groups in total. The van der Waals surface area contributed by atoms with Crippen LogP contribution in [0.25, 0.3) is 0 Å². The van der Waals surface area contributed by atoms with Gasteiger partial charge in [-0.1, -0.05) is 18.2 Å². The number of hydrogen-bond donors (Lipinski definition) is 1. The van der Waals surface area contributed by atoms with Crippen LogP contribution >= 0.6 is 0 Å². The molecular formula is C15H20N3O+. The standard InChI is InChI=1S/C15H19N3O/c1-13(11-16)12-17-7-9-18(10-8-17)15(19)14-5-3-2-4-6-14/h2-6,13H,7-10,12H2,1H3/p+1/t13-/m1/s1. The maximum atomic E-state index is 12.2. The van der Waals surface area contributed by atoms with Gasteiger partial charge in [0.25, 0.3) is 5.91 Å². The number of quaternary nitrogens is 1. The van der Waals surface area contributed by atoms with Gasteiger partial charge in [0.05, 0.1) is 44.7 Å². The fourth-order valence-electron chi connectivity index (χ4n) is 2.47. The SMILES string of the molecule is C[C@H](C#N)C[NH+]1CCN(C(=O)c2ccccc2)CC1. The van der Waals surface area contributed by atoms with Gasteiger partial charge in [-0.3, -0.25) is 4.79 Å². The van der Waals surface area contributed by atoms with Crippen LogP contribution in [0.2, 0.25) is 0 Å². The Morgan fingerprint density at radius 1 is 1.37 bits per heavy atom. The molecule has 1 fully saturated rings. The van der Waals surface area contributed by atoms with E-state index < -0.39 is 0 Å². The first-order valence-electron chi connectivity index (χ1n) is 6.78. The average molecular weight is 258 g/mol. The summed E-state index contributed by atoms with van der Waals surface area (Å²) in [7, 11) is 0. The van der Waals surface area contributed by atoms with E-state index in [1.807, 2.05) is 42.2 Å². The summed E-state index contributed by atoms with van der Waals surface area (Å²) in [6, 6.07) is 11.7. The highest BCUT2D eigenvalue weighted by atomic mass is 16.2. The molecule has 1 amide bonds. The number of piperazine rings is 1. The second-order valence-corrected chi connectivity index (χ2v) is 5.14. The number of amides is 1. The molecule has 19 heavy (non-hydrogen) atoms. The summed E-state index contributed by atoms with van der Waals surface area (Å²) in [6.07, 6.45) is 0. The van der Waals surface area contributed by atoms with E-state index in [2.05, 4.69) is 6.07 Å². The summed E-state index contributed by atoms with van der Waals surface area (Å²) in [5.41, 5.74) is 0.761. The quantitative estimate of drug-likeness (QED) is 0.841. The van der Waals surface area contributed by atoms with Gasteiger partial charge < -0.3 is 9.80 Å². The van der Waals surface area contributed by atoms with Gasteiger partial charge in [-0.25, -0.2) is 0 Å². The van der Waals surface area contributed by atoms with Gasteiger partial charge in [0.15, 0.2) is 0 Å². The van der Waals surface area contributed by atoms with Crippen LogP contribution in [0.1, 0.15) is 17.3 Å². The molecule has 1 saturated heterocycles. The Labute approximate surface area is 114 Å². The molecule has 1 aromatic rings. The summed E-state index contributed by atoms with van der Waals surface area (Å²) in [5, 5.41) is 8.83. The lowest BCUT2D eigenvalue weighted by molar-refractivity contribution is -0.906. The molecule has 1 atom stereocenters. The van der Waals surface area contributed by atoms with Crippen molar-refractivity contribution in [3.63, 3.8) is 0 Å². The molecule has 1 aliphatic heterocycles. The number of rotatable bonds is 3. The minimum absolute atomic E-state index is 0.0892. The Morgan fingerprint density at radius 3 is 2.58 bits per heavy atom. The molecule has 0 radical (unpaired) electrons. The topological polar surface area (TPSA) is 48.5 Å². The van der Waals surface area contributed by atoms with Gasteiger partial charge >= 0.3 is 0 Å². The van der Waals surface area contributed by atoms with Crippen LogP contribution in [-0.2, 0) is 0 Å². The van der Waals surface area contributed by atoms with E-state index in [1.54, 1.807) is 0 Å². The van der Waals surface area contributed by atoms with E-state index >= 15 is 0 Å². The van der Waals surface area contributed by atoms with E-state index in [-0.39, 0.29) is 11.8 Å². The highest BCUT2D eigenvalue weighted by molar-refractivity contribution is 5.94. The first-order chi connectivity index (χ1) is 9.20. The molecule has 0 spiro atoms. The number of nitriles is 1. The molecule has 100 valence electrons. The van der Waals surface area contributed by atoms with Crippen LogP contribution in [0.4, 0.5) is 0 Å². The molecule has 2 rings (SSSR count). The average Bonchev–Trinajstić information content (AvgIpc) is 2.48. The Bertz CT molecular complexity index is 458. The van der Waals surface area contributed by atoms with Crippen molar-refractivity contribution in [1.82, 2.24) is 4.90 Å². The van der Waals surface area contributed by atoms with E-state index in [0.717, 1.165) is 38.3 Å². The van der Waals surface area contributed by atoms with Crippen molar-refractivity contribution in [1.29, 1.82) is 5.26 Å². The molecule has 1 aromatic carbocycles. The first-order valence-corrected chi connectivity index (χ1v) is 6.78. The number of hydrogen-bond acceptors (Lipinski definition) is 2. The first kappa shape index (κ1) is 13.6. The molecule has 0 aromatic heterocycles. The molecule has 4 nitrogen and oxygen atoms in total.